The number of hydrogen-bond acceptors (Lipinski definition) is 4. The fourth-order valence-electron chi connectivity index (χ4n) is 3.43. The Morgan fingerprint density at radius 3 is 3.00 bits per heavy atom. The van der Waals surface area contributed by atoms with Gasteiger partial charge in [-0.25, -0.2) is 0 Å². The third-order valence-corrected chi connectivity index (χ3v) is 4.35. The molecule has 0 atom stereocenters. The Bertz CT molecular complexity index is 870. The molecule has 5 rings (SSSR count). The molecule has 5 heteroatoms. The van der Waals surface area contributed by atoms with Crippen LogP contribution in [0.4, 0.5) is 11.4 Å². The number of rotatable bonds is 0. The van der Waals surface area contributed by atoms with E-state index < -0.39 is 0 Å². The van der Waals surface area contributed by atoms with Gasteiger partial charge in [-0.2, -0.15) is 4.68 Å². The molecule has 0 aliphatic carbocycles. The SMILES string of the molecule is Cc1ccc2c(c1)-n1nnnc1-c1cccc3c1N2CC3. The second kappa shape index (κ2) is 3.69. The number of tetrazole rings is 1. The minimum absolute atomic E-state index is 0.822. The highest BCUT2D eigenvalue weighted by Gasteiger charge is 2.31. The molecule has 2 aliphatic heterocycles. The molecule has 3 aromatic rings. The summed E-state index contributed by atoms with van der Waals surface area (Å²) in [5, 5.41) is 12.4. The van der Waals surface area contributed by atoms with Crippen LogP contribution in [0.2, 0.25) is 0 Å². The Morgan fingerprint density at radius 1 is 1.10 bits per heavy atom. The topological polar surface area (TPSA) is 46.8 Å². The Labute approximate surface area is 121 Å². The van der Waals surface area contributed by atoms with E-state index >= 15 is 0 Å². The molecule has 0 spiro atoms. The first-order chi connectivity index (χ1) is 10.3. The van der Waals surface area contributed by atoms with Gasteiger partial charge in [0.2, 0.25) is 0 Å². The van der Waals surface area contributed by atoms with E-state index in [1.54, 1.807) is 0 Å². The third kappa shape index (κ3) is 1.33. The Morgan fingerprint density at radius 2 is 2.05 bits per heavy atom. The molecule has 0 N–H and O–H groups in total. The minimum atomic E-state index is 0.822. The maximum atomic E-state index is 4.27. The van der Waals surface area contributed by atoms with Gasteiger partial charge in [0, 0.05) is 12.1 Å². The summed E-state index contributed by atoms with van der Waals surface area (Å²) in [6.45, 7) is 3.10. The van der Waals surface area contributed by atoms with Gasteiger partial charge in [-0.05, 0) is 53.1 Å². The number of para-hydroxylation sites is 1. The number of nitrogens with zero attached hydrogens (tertiary/aromatic N) is 5. The molecule has 0 amide bonds. The summed E-state index contributed by atoms with van der Waals surface area (Å²) in [4.78, 5) is 2.38. The van der Waals surface area contributed by atoms with E-state index in [0.29, 0.717) is 0 Å². The summed E-state index contributed by atoms with van der Waals surface area (Å²) < 4.78 is 1.86. The number of anilines is 2. The van der Waals surface area contributed by atoms with Gasteiger partial charge in [-0.15, -0.1) is 5.10 Å². The van der Waals surface area contributed by atoms with E-state index in [2.05, 4.69) is 63.7 Å². The predicted octanol–water partition coefficient (Wildman–Crippen LogP) is 2.65. The molecule has 102 valence electrons. The molecular formula is C16H13N5. The lowest BCUT2D eigenvalue weighted by atomic mass is 10.1. The first-order valence-electron chi connectivity index (χ1n) is 7.12. The lowest BCUT2D eigenvalue weighted by molar-refractivity contribution is 0.790. The van der Waals surface area contributed by atoms with Crippen LogP contribution in [0.5, 0.6) is 0 Å². The molecule has 0 unspecified atom stereocenters. The zero-order valence-electron chi connectivity index (χ0n) is 11.6. The molecule has 1 aromatic heterocycles. The first kappa shape index (κ1) is 11.0. The maximum Gasteiger partial charge on any atom is 0.189 e. The highest BCUT2D eigenvalue weighted by molar-refractivity contribution is 5.89. The van der Waals surface area contributed by atoms with Crippen molar-refractivity contribution >= 4 is 11.4 Å². The van der Waals surface area contributed by atoms with Crippen molar-refractivity contribution < 1.29 is 0 Å². The van der Waals surface area contributed by atoms with Crippen LogP contribution in [0.3, 0.4) is 0 Å². The smallest absolute Gasteiger partial charge is 0.189 e. The molecule has 2 aliphatic rings. The van der Waals surface area contributed by atoms with Crippen LogP contribution >= 0.6 is 0 Å². The normalized spacial score (nSPS) is 14.4. The number of benzene rings is 2. The number of aryl methyl sites for hydroxylation is 1. The highest BCUT2D eigenvalue weighted by Crippen LogP contribution is 2.46. The van der Waals surface area contributed by atoms with Crippen LogP contribution in [0, 0.1) is 6.92 Å². The molecule has 0 saturated carbocycles. The zero-order valence-corrected chi connectivity index (χ0v) is 11.6. The summed E-state index contributed by atoms with van der Waals surface area (Å²) in [5.74, 6) is 0.822. The summed E-state index contributed by atoms with van der Waals surface area (Å²) in [5.41, 5.74) is 7.19. The van der Waals surface area contributed by atoms with Gasteiger partial charge < -0.3 is 4.90 Å². The predicted molar refractivity (Wildman–Crippen MR) is 80.0 cm³/mol. The minimum Gasteiger partial charge on any atom is -0.339 e. The summed E-state index contributed by atoms with van der Waals surface area (Å²) >= 11 is 0. The second-order valence-corrected chi connectivity index (χ2v) is 5.62. The molecule has 0 bridgehead atoms. The van der Waals surface area contributed by atoms with Gasteiger partial charge in [0.1, 0.15) is 0 Å². The summed E-state index contributed by atoms with van der Waals surface area (Å²) in [6, 6.07) is 12.9. The van der Waals surface area contributed by atoms with Gasteiger partial charge in [0.25, 0.3) is 0 Å². The lowest BCUT2D eigenvalue weighted by Gasteiger charge is -2.21. The Kier molecular flexibility index (Phi) is 1.94. The maximum absolute atomic E-state index is 4.27. The fourth-order valence-corrected chi connectivity index (χ4v) is 3.43. The van der Waals surface area contributed by atoms with E-state index in [0.717, 1.165) is 30.0 Å². The molecule has 3 heterocycles. The molecule has 21 heavy (non-hydrogen) atoms. The molecular weight excluding hydrogens is 262 g/mol. The van der Waals surface area contributed by atoms with Crippen molar-refractivity contribution in [3.63, 3.8) is 0 Å². The van der Waals surface area contributed by atoms with E-state index in [-0.39, 0.29) is 0 Å². The third-order valence-electron chi connectivity index (χ3n) is 4.35. The number of fused-ring (bicyclic) bond motifs is 5. The van der Waals surface area contributed by atoms with Crippen LogP contribution in [0.1, 0.15) is 11.1 Å². The van der Waals surface area contributed by atoms with Crippen LogP contribution < -0.4 is 4.90 Å². The van der Waals surface area contributed by atoms with Crippen molar-refractivity contribution in [2.24, 2.45) is 0 Å². The fraction of sp³-hybridized carbons (Fsp3) is 0.188. The van der Waals surface area contributed by atoms with E-state index in [1.165, 1.54) is 22.5 Å². The van der Waals surface area contributed by atoms with Gasteiger partial charge in [0.15, 0.2) is 5.82 Å². The monoisotopic (exact) mass is 275 g/mol. The van der Waals surface area contributed by atoms with Crippen LogP contribution in [-0.2, 0) is 6.42 Å². The highest BCUT2D eigenvalue weighted by atomic mass is 15.5. The molecule has 0 saturated heterocycles. The van der Waals surface area contributed by atoms with Crippen molar-refractivity contribution in [2.75, 3.05) is 11.4 Å². The van der Waals surface area contributed by atoms with E-state index in [1.807, 2.05) is 4.68 Å². The Balaban J connectivity index is 1.96. The number of aromatic nitrogens is 4. The summed E-state index contributed by atoms with van der Waals surface area (Å²) in [7, 11) is 0. The lowest BCUT2D eigenvalue weighted by Crippen LogP contribution is -2.15. The number of hydrogen-bond donors (Lipinski definition) is 0. The standard InChI is InChI=1S/C16H13N5/c1-10-5-6-13-14(9-10)21-16(17-18-19-21)12-4-2-3-11-7-8-20(13)15(11)12/h2-6,9H,7-8H2,1H3. The largest absolute Gasteiger partial charge is 0.339 e. The van der Waals surface area contributed by atoms with Gasteiger partial charge >= 0.3 is 0 Å². The van der Waals surface area contributed by atoms with Crippen molar-refractivity contribution in [3.05, 3.63) is 47.5 Å². The van der Waals surface area contributed by atoms with Crippen LogP contribution in [-0.4, -0.2) is 26.8 Å². The van der Waals surface area contributed by atoms with E-state index in [9.17, 15) is 0 Å². The van der Waals surface area contributed by atoms with Crippen molar-refractivity contribution in [1.82, 2.24) is 20.2 Å². The molecule has 0 radical (unpaired) electrons. The Hall–Kier alpha value is -2.69. The average Bonchev–Trinajstić information content (AvgIpc) is 3.11. The van der Waals surface area contributed by atoms with Crippen LogP contribution in [0.25, 0.3) is 17.1 Å². The van der Waals surface area contributed by atoms with Gasteiger partial charge in [-0.3, -0.25) is 0 Å². The van der Waals surface area contributed by atoms with E-state index in [4.69, 9.17) is 0 Å². The first-order valence-corrected chi connectivity index (χ1v) is 7.12. The van der Waals surface area contributed by atoms with Crippen molar-refractivity contribution in [3.8, 4) is 17.1 Å². The quantitative estimate of drug-likeness (QED) is 0.633. The molecule has 2 aromatic carbocycles. The van der Waals surface area contributed by atoms with Crippen molar-refractivity contribution in [1.29, 1.82) is 0 Å². The second-order valence-electron chi connectivity index (χ2n) is 5.62. The summed E-state index contributed by atoms with van der Waals surface area (Å²) in [6.07, 6.45) is 1.07. The average molecular weight is 275 g/mol. The zero-order chi connectivity index (χ0) is 14.0. The van der Waals surface area contributed by atoms with Crippen LogP contribution in [0.15, 0.2) is 36.4 Å². The van der Waals surface area contributed by atoms with Gasteiger partial charge in [0.05, 0.1) is 17.1 Å². The van der Waals surface area contributed by atoms with Crippen molar-refractivity contribution in [2.45, 2.75) is 13.3 Å². The molecule has 0 fully saturated rings. The molecule has 5 nitrogen and oxygen atoms in total. The van der Waals surface area contributed by atoms with Gasteiger partial charge in [-0.1, -0.05) is 18.2 Å².